The maximum absolute atomic E-state index is 12.8. The second-order valence-corrected chi connectivity index (χ2v) is 8.32. The number of aromatic nitrogens is 2. The molecule has 0 aromatic carbocycles. The fourth-order valence-corrected chi connectivity index (χ4v) is 5.06. The van der Waals surface area contributed by atoms with Crippen molar-refractivity contribution >= 4 is 28.6 Å². The minimum atomic E-state index is 0.131. The van der Waals surface area contributed by atoms with Crippen LogP contribution in [0, 0.1) is 5.92 Å². The molecule has 7 heteroatoms. The minimum absolute atomic E-state index is 0.131. The molecule has 128 valence electrons. The molecule has 0 aliphatic carbocycles. The van der Waals surface area contributed by atoms with Crippen molar-refractivity contribution in [1.82, 2.24) is 19.8 Å². The van der Waals surface area contributed by atoms with Gasteiger partial charge in [0.15, 0.2) is 0 Å². The lowest BCUT2D eigenvalue weighted by Gasteiger charge is -2.35. The number of hydrogen-bond donors (Lipinski definition) is 0. The van der Waals surface area contributed by atoms with Gasteiger partial charge in [0.05, 0.1) is 34.4 Å². The van der Waals surface area contributed by atoms with E-state index in [0.717, 1.165) is 50.3 Å². The molecular weight excluding hydrogens is 340 g/mol. The molecule has 2 atom stereocenters. The molecule has 2 bridgehead atoms. The van der Waals surface area contributed by atoms with Crippen molar-refractivity contribution in [3.05, 3.63) is 32.7 Å². The zero-order valence-electron chi connectivity index (χ0n) is 13.9. The number of piperidine rings is 1. The summed E-state index contributed by atoms with van der Waals surface area (Å²) in [5.41, 5.74) is 4.01. The summed E-state index contributed by atoms with van der Waals surface area (Å²) in [5, 5.41) is 5.41. The van der Waals surface area contributed by atoms with E-state index >= 15 is 0 Å². The van der Waals surface area contributed by atoms with E-state index in [1.807, 2.05) is 10.9 Å². The second-order valence-electron chi connectivity index (χ2n) is 6.65. The van der Waals surface area contributed by atoms with E-state index < -0.39 is 0 Å². The normalized spacial score (nSPS) is 24.5. The van der Waals surface area contributed by atoms with E-state index in [2.05, 4.69) is 27.1 Å². The van der Waals surface area contributed by atoms with E-state index in [1.54, 1.807) is 22.7 Å². The number of hydrogen-bond acceptors (Lipinski definition) is 6. The molecule has 5 rings (SSSR count). The van der Waals surface area contributed by atoms with Gasteiger partial charge in [-0.1, -0.05) is 6.92 Å². The number of rotatable bonds is 5. The highest BCUT2D eigenvalue weighted by atomic mass is 32.1. The summed E-state index contributed by atoms with van der Waals surface area (Å²) in [5.74, 6) is 0.445. The maximum atomic E-state index is 12.8. The predicted molar refractivity (Wildman–Crippen MR) is 95.9 cm³/mol. The summed E-state index contributed by atoms with van der Waals surface area (Å²) < 4.78 is 0. The van der Waals surface area contributed by atoms with Crippen LogP contribution in [0.25, 0.3) is 0 Å². The Kier molecular flexibility index (Phi) is 4.65. The molecule has 0 radical (unpaired) electrons. The first-order valence-corrected chi connectivity index (χ1v) is 10.4. The number of fused-ring (bicyclic) bond motifs is 4. The third-order valence-corrected chi connectivity index (χ3v) is 6.65. The Bertz CT molecular complexity index is 699. The van der Waals surface area contributed by atoms with Crippen LogP contribution in [-0.4, -0.2) is 44.8 Å². The van der Waals surface area contributed by atoms with Crippen molar-refractivity contribution in [3.8, 4) is 0 Å². The van der Waals surface area contributed by atoms with E-state index in [0.29, 0.717) is 18.5 Å². The van der Waals surface area contributed by atoms with Crippen molar-refractivity contribution in [3.63, 3.8) is 0 Å². The molecule has 0 spiro atoms. The molecule has 3 fully saturated rings. The van der Waals surface area contributed by atoms with Crippen LogP contribution in [0.15, 0.2) is 16.3 Å². The van der Waals surface area contributed by atoms with Crippen LogP contribution >= 0.6 is 22.7 Å². The van der Waals surface area contributed by atoms with Gasteiger partial charge in [0.1, 0.15) is 0 Å². The van der Waals surface area contributed by atoms with Crippen molar-refractivity contribution in [1.29, 1.82) is 0 Å². The highest BCUT2D eigenvalue weighted by Crippen LogP contribution is 2.31. The van der Waals surface area contributed by atoms with Crippen molar-refractivity contribution in [2.24, 2.45) is 5.92 Å². The van der Waals surface area contributed by atoms with Crippen LogP contribution in [0.3, 0.4) is 0 Å². The second kappa shape index (κ2) is 6.90. The Morgan fingerprint density at radius 2 is 2.12 bits per heavy atom. The zero-order chi connectivity index (χ0) is 16.5. The first kappa shape index (κ1) is 16.2. The fraction of sp³-hybridized carbons (Fsp3) is 0.588. The monoisotopic (exact) mass is 362 g/mol. The molecule has 1 amide bonds. The van der Waals surface area contributed by atoms with Crippen LogP contribution in [-0.2, 0) is 24.3 Å². The smallest absolute Gasteiger partial charge is 0.227 e. The van der Waals surface area contributed by atoms with Crippen LogP contribution < -0.4 is 0 Å². The average molecular weight is 363 g/mol. The van der Waals surface area contributed by atoms with E-state index in [-0.39, 0.29) is 5.92 Å². The first-order chi connectivity index (χ1) is 11.7. The SMILES string of the molecule is CCc1nc(CN2C[C@H]3CC[C@@H](C2)N(Cc2cscn2)C3=O)cs1. The van der Waals surface area contributed by atoms with E-state index in [9.17, 15) is 4.79 Å². The first-order valence-electron chi connectivity index (χ1n) is 8.56. The number of nitrogens with zero attached hydrogens (tertiary/aromatic N) is 4. The topological polar surface area (TPSA) is 49.3 Å². The standard InChI is InChI=1S/C17H22N4OS2/c1-2-16-19-14(10-24-16)6-20-5-12-3-4-15(8-20)21(17(12)22)7-13-9-23-11-18-13/h9-12,15H,2-8H2,1H3/t12-,15+/m1/s1. The summed E-state index contributed by atoms with van der Waals surface area (Å²) >= 11 is 3.34. The quantitative estimate of drug-likeness (QED) is 0.821. The highest BCUT2D eigenvalue weighted by molar-refractivity contribution is 7.09. The Hall–Kier alpha value is -1.31. The Labute approximate surface area is 150 Å². The lowest BCUT2D eigenvalue weighted by molar-refractivity contribution is -0.140. The average Bonchev–Trinajstić information content (AvgIpc) is 3.18. The van der Waals surface area contributed by atoms with Crippen LogP contribution in [0.4, 0.5) is 0 Å². The lowest BCUT2D eigenvalue weighted by Crippen LogP contribution is -2.47. The minimum Gasteiger partial charge on any atom is -0.332 e. The molecule has 0 N–H and O–H groups in total. The summed E-state index contributed by atoms with van der Waals surface area (Å²) in [6.07, 6.45) is 3.12. The molecule has 24 heavy (non-hydrogen) atoms. The largest absolute Gasteiger partial charge is 0.332 e. The van der Waals surface area contributed by atoms with E-state index in [4.69, 9.17) is 4.98 Å². The number of carbonyl (C=O) groups is 1. The maximum Gasteiger partial charge on any atom is 0.227 e. The molecule has 0 unspecified atom stereocenters. The molecule has 2 aromatic rings. The third kappa shape index (κ3) is 3.25. The van der Waals surface area contributed by atoms with Crippen molar-refractivity contribution in [2.75, 3.05) is 13.1 Å². The molecule has 0 saturated carbocycles. The Balaban J connectivity index is 1.48. The number of amides is 1. The number of carbonyl (C=O) groups excluding carboxylic acids is 1. The third-order valence-electron chi connectivity index (χ3n) is 4.97. The Morgan fingerprint density at radius 1 is 1.21 bits per heavy atom. The zero-order valence-corrected chi connectivity index (χ0v) is 15.5. The van der Waals surface area contributed by atoms with Crippen molar-refractivity contribution in [2.45, 2.75) is 45.3 Å². The van der Waals surface area contributed by atoms with E-state index in [1.165, 1.54) is 5.01 Å². The summed E-state index contributed by atoms with van der Waals surface area (Å²) in [4.78, 5) is 26.4. The Morgan fingerprint density at radius 3 is 2.88 bits per heavy atom. The van der Waals surface area contributed by atoms with Gasteiger partial charge in [0.2, 0.25) is 5.91 Å². The number of thiazole rings is 2. The molecular formula is C17H22N4OS2. The van der Waals surface area contributed by atoms with Crippen LogP contribution in [0.1, 0.15) is 36.2 Å². The van der Waals surface area contributed by atoms with Crippen molar-refractivity contribution < 1.29 is 4.79 Å². The van der Waals surface area contributed by atoms with Crippen LogP contribution in [0.5, 0.6) is 0 Å². The van der Waals surface area contributed by atoms with Crippen LogP contribution in [0.2, 0.25) is 0 Å². The highest BCUT2D eigenvalue weighted by Gasteiger charge is 2.40. The lowest BCUT2D eigenvalue weighted by atomic mass is 9.94. The molecule has 3 saturated heterocycles. The molecule has 3 aliphatic heterocycles. The predicted octanol–water partition coefficient (Wildman–Crippen LogP) is 2.79. The van der Waals surface area contributed by atoms with Gasteiger partial charge in [0, 0.05) is 36.4 Å². The molecule has 2 aromatic heterocycles. The van der Waals surface area contributed by atoms with Gasteiger partial charge >= 0.3 is 0 Å². The van der Waals surface area contributed by atoms with Gasteiger partial charge in [-0.05, 0) is 19.3 Å². The molecule has 5 heterocycles. The summed E-state index contributed by atoms with van der Waals surface area (Å²) in [6.45, 7) is 5.48. The fourth-order valence-electron chi connectivity index (χ4n) is 3.77. The van der Waals surface area contributed by atoms with Gasteiger partial charge in [0.25, 0.3) is 0 Å². The summed E-state index contributed by atoms with van der Waals surface area (Å²) in [6, 6.07) is 0.308. The van der Waals surface area contributed by atoms with Gasteiger partial charge < -0.3 is 4.90 Å². The van der Waals surface area contributed by atoms with Gasteiger partial charge in [-0.15, -0.1) is 22.7 Å². The molecule has 5 nitrogen and oxygen atoms in total. The number of aryl methyl sites for hydroxylation is 1. The van der Waals surface area contributed by atoms with Gasteiger partial charge in [-0.3, -0.25) is 9.69 Å². The summed E-state index contributed by atoms with van der Waals surface area (Å²) in [7, 11) is 0. The van der Waals surface area contributed by atoms with Gasteiger partial charge in [-0.25, -0.2) is 9.97 Å². The van der Waals surface area contributed by atoms with Gasteiger partial charge in [-0.2, -0.15) is 0 Å². The molecule has 3 aliphatic rings.